The minimum atomic E-state index is -0.0935. The maximum absolute atomic E-state index is 11.3. The number of esters is 1. The second kappa shape index (κ2) is 15.5. The summed E-state index contributed by atoms with van der Waals surface area (Å²) in [5.41, 5.74) is 1.12. The Balaban J connectivity index is 0.00000676. The highest BCUT2D eigenvalue weighted by molar-refractivity contribution is 14.0. The van der Waals surface area contributed by atoms with E-state index >= 15 is 0 Å². The molecule has 0 saturated heterocycles. The van der Waals surface area contributed by atoms with Crippen molar-refractivity contribution in [2.24, 2.45) is 4.99 Å². The Labute approximate surface area is 180 Å². The van der Waals surface area contributed by atoms with Crippen LogP contribution in [0.4, 0.5) is 0 Å². The normalized spacial score (nSPS) is 10.7. The molecule has 1 aromatic carbocycles. The number of benzene rings is 1. The Kier molecular flexibility index (Phi) is 14.7. The number of rotatable bonds is 11. The van der Waals surface area contributed by atoms with Crippen molar-refractivity contribution in [3.63, 3.8) is 0 Å². The molecule has 1 aromatic rings. The largest absolute Gasteiger partial charge is 0.496 e. The molecule has 6 nitrogen and oxygen atoms in total. The van der Waals surface area contributed by atoms with Gasteiger partial charge in [-0.2, -0.15) is 0 Å². The Morgan fingerprint density at radius 1 is 1.19 bits per heavy atom. The zero-order valence-electron chi connectivity index (χ0n) is 17.0. The molecular weight excluding hydrogens is 457 g/mol. The van der Waals surface area contributed by atoms with E-state index in [2.05, 4.69) is 21.3 Å². The minimum Gasteiger partial charge on any atom is -0.496 e. The lowest BCUT2D eigenvalue weighted by atomic mass is 10.1. The van der Waals surface area contributed by atoms with Crippen molar-refractivity contribution >= 4 is 35.9 Å². The zero-order valence-corrected chi connectivity index (χ0v) is 19.3. The third-order valence-electron chi connectivity index (χ3n) is 4.07. The molecule has 0 bridgehead atoms. The van der Waals surface area contributed by atoms with Gasteiger partial charge in [0.05, 0.1) is 13.7 Å². The molecule has 0 aliphatic carbocycles. The summed E-state index contributed by atoms with van der Waals surface area (Å²) in [6, 6.07) is 8.01. The molecule has 7 heteroatoms. The van der Waals surface area contributed by atoms with E-state index in [0.717, 1.165) is 56.0 Å². The van der Waals surface area contributed by atoms with Crippen LogP contribution in [-0.2, 0) is 16.1 Å². The standard InChI is InChI=1S/C20H33N3O3.HI/c1-5-26-19(24)14-8-6-7-11-15-22-20(21-2)23(3)16-17-12-9-10-13-18(17)25-4;/h9-10,12-13H,5-8,11,14-16H2,1-4H3,(H,21,22);1H. The van der Waals surface area contributed by atoms with Crippen LogP contribution in [0.1, 0.15) is 44.6 Å². The highest BCUT2D eigenvalue weighted by Gasteiger charge is 2.09. The highest BCUT2D eigenvalue weighted by atomic mass is 127. The van der Waals surface area contributed by atoms with Crippen molar-refractivity contribution in [2.75, 3.05) is 34.4 Å². The molecule has 0 fully saturated rings. The molecule has 27 heavy (non-hydrogen) atoms. The number of hydrogen-bond acceptors (Lipinski definition) is 4. The van der Waals surface area contributed by atoms with Crippen molar-refractivity contribution in [1.29, 1.82) is 0 Å². The van der Waals surface area contributed by atoms with E-state index in [1.54, 1.807) is 14.2 Å². The van der Waals surface area contributed by atoms with Crippen LogP contribution < -0.4 is 10.1 Å². The molecule has 0 amide bonds. The van der Waals surface area contributed by atoms with Crippen molar-refractivity contribution in [2.45, 2.75) is 45.6 Å². The molecule has 0 aliphatic heterocycles. The Bertz CT molecular complexity index is 567. The van der Waals surface area contributed by atoms with Crippen LogP contribution in [-0.4, -0.2) is 51.2 Å². The number of nitrogens with one attached hydrogen (secondary N) is 1. The van der Waals surface area contributed by atoms with E-state index in [0.29, 0.717) is 13.0 Å². The first-order chi connectivity index (χ1) is 12.6. The van der Waals surface area contributed by atoms with Crippen LogP contribution in [0.25, 0.3) is 0 Å². The van der Waals surface area contributed by atoms with Crippen molar-refractivity contribution in [3.05, 3.63) is 29.8 Å². The summed E-state index contributed by atoms with van der Waals surface area (Å²) in [6.07, 6.45) is 4.58. The average molecular weight is 491 g/mol. The van der Waals surface area contributed by atoms with Gasteiger partial charge in [0.15, 0.2) is 5.96 Å². The number of ether oxygens (including phenoxy) is 2. The molecule has 0 atom stereocenters. The van der Waals surface area contributed by atoms with E-state index in [-0.39, 0.29) is 29.9 Å². The molecule has 0 spiro atoms. The molecule has 0 aromatic heterocycles. The molecule has 0 unspecified atom stereocenters. The van der Waals surface area contributed by atoms with Crippen molar-refractivity contribution < 1.29 is 14.3 Å². The van der Waals surface area contributed by atoms with Gasteiger partial charge in [-0.1, -0.05) is 31.0 Å². The lowest BCUT2D eigenvalue weighted by Crippen LogP contribution is -2.38. The number of halogens is 1. The lowest BCUT2D eigenvalue weighted by Gasteiger charge is -2.23. The lowest BCUT2D eigenvalue weighted by molar-refractivity contribution is -0.143. The fraction of sp³-hybridized carbons (Fsp3) is 0.600. The summed E-state index contributed by atoms with van der Waals surface area (Å²) in [5.74, 6) is 1.66. The van der Waals surface area contributed by atoms with Gasteiger partial charge in [-0.05, 0) is 25.8 Å². The summed E-state index contributed by atoms with van der Waals surface area (Å²) in [4.78, 5) is 17.7. The Morgan fingerprint density at radius 3 is 2.56 bits per heavy atom. The van der Waals surface area contributed by atoms with Gasteiger partial charge in [-0.25, -0.2) is 0 Å². The smallest absolute Gasteiger partial charge is 0.305 e. The maximum Gasteiger partial charge on any atom is 0.305 e. The van der Waals surface area contributed by atoms with Crippen LogP contribution in [0, 0.1) is 0 Å². The maximum atomic E-state index is 11.3. The molecule has 0 saturated carbocycles. The third kappa shape index (κ3) is 10.4. The number of methoxy groups -OCH3 is 1. The van der Waals surface area contributed by atoms with E-state index in [1.165, 1.54) is 0 Å². The average Bonchev–Trinajstić information content (AvgIpc) is 2.64. The van der Waals surface area contributed by atoms with Gasteiger partial charge in [-0.3, -0.25) is 9.79 Å². The molecular formula is C20H34IN3O3. The van der Waals surface area contributed by atoms with E-state index < -0.39 is 0 Å². The number of hydrogen-bond donors (Lipinski definition) is 1. The number of unbranched alkanes of at least 4 members (excludes halogenated alkanes) is 3. The summed E-state index contributed by atoms with van der Waals surface area (Å²) >= 11 is 0. The molecule has 1 rings (SSSR count). The zero-order chi connectivity index (χ0) is 19.2. The SMILES string of the molecule is CCOC(=O)CCCCCCNC(=NC)N(C)Cc1ccccc1OC.I. The molecule has 0 aliphatic rings. The van der Waals surface area contributed by atoms with Gasteiger partial charge >= 0.3 is 5.97 Å². The summed E-state index contributed by atoms with van der Waals surface area (Å²) < 4.78 is 10.3. The fourth-order valence-electron chi connectivity index (χ4n) is 2.73. The van der Waals surface area contributed by atoms with Gasteiger partial charge in [0, 0.05) is 39.2 Å². The first kappa shape index (κ1) is 25.5. The molecule has 0 heterocycles. The number of guanidine groups is 1. The topological polar surface area (TPSA) is 63.2 Å². The summed E-state index contributed by atoms with van der Waals surface area (Å²) in [6.45, 7) is 3.89. The summed E-state index contributed by atoms with van der Waals surface area (Å²) in [7, 11) is 5.50. The van der Waals surface area contributed by atoms with Crippen LogP contribution in [0.5, 0.6) is 5.75 Å². The second-order valence-corrected chi connectivity index (χ2v) is 6.11. The molecule has 1 N–H and O–H groups in total. The number of nitrogens with zero attached hydrogens (tertiary/aromatic N) is 2. The molecule has 0 radical (unpaired) electrons. The van der Waals surface area contributed by atoms with Gasteiger partial charge in [0.2, 0.25) is 0 Å². The number of aliphatic imine (C=N–C) groups is 1. The summed E-state index contributed by atoms with van der Waals surface area (Å²) in [5, 5.41) is 3.39. The van der Waals surface area contributed by atoms with E-state index in [4.69, 9.17) is 9.47 Å². The first-order valence-electron chi connectivity index (χ1n) is 9.31. The Morgan fingerprint density at radius 2 is 1.89 bits per heavy atom. The van der Waals surface area contributed by atoms with Crippen molar-refractivity contribution in [3.8, 4) is 5.75 Å². The van der Waals surface area contributed by atoms with Gasteiger partial charge < -0.3 is 19.7 Å². The fourth-order valence-corrected chi connectivity index (χ4v) is 2.73. The van der Waals surface area contributed by atoms with E-state index in [9.17, 15) is 4.79 Å². The van der Waals surface area contributed by atoms with Crippen LogP contribution in [0.15, 0.2) is 29.3 Å². The Hall–Kier alpha value is -1.51. The van der Waals surface area contributed by atoms with Crippen molar-refractivity contribution in [1.82, 2.24) is 10.2 Å². The van der Waals surface area contributed by atoms with E-state index in [1.807, 2.05) is 32.2 Å². The third-order valence-corrected chi connectivity index (χ3v) is 4.07. The second-order valence-electron chi connectivity index (χ2n) is 6.11. The van der Waals surface area contributed by atoms with Gasteiger partial charge in [0.25, 0.3) is 0 Å². The minimum absolute atomic E-state index is 0. The van der Waals surface area contributed by atoms with Crippen LogP contribution in [0.2, 0.25) is 0 Å². The predicted molar refractivity (Wildman–Crippen MR) is 121 cm³/mol. The first-order valence-corrected chi connectivity index (χ1v) is 9.31. The van der Waals surface area contributed by atoms with Crippen LogP contribution >= 0.6 is 24.0 Å². The van der Waals surface area contributed by atoms with Gasteiger partial charge in [-0.15, -0.1) is 24.0 Å². The monoisotopic (exact) mass is 491 g/mol. The highest BCUT2D eigenvalue weighted by Crippen LogP contribution is 2.18. The quantitative estimate of drug-likeness (QED) is 0.168. The van der Waals surface area contributed by atoms with Crippen LogP contribution in [0.3, 0.4) is 0 Å². The van der Waals surface area contributed by atoms with Gasteiger partial charge in [0.1, 0.15) is 5.75 Å². The number of carbonyl (C=O) groups is 1. The predicted octanol–water partition coefficient (Wildman–Crippen LogP) is 3.83. The number of carbonyl (C=O) groups excluding carboxylic acids is 1. The molecule has 154 valence electrons. The number of para-hydroxylation sites is 1.